The van der Waals surface area contributed by atoms with Gasteiger partial charge in [-0.3, -0.25) is 4.79 Å². The van der Waals surface area contributed by atoms with Crippen LogP contribution in [0.4, 0.5) is 0 Å². The van der Waals surface area contributed by atoms with Gasteiger partial charge in [-0.1, -0.05) is 13.8 Å². The lowest BCUT2D eigenvalue weighted by Crippen LogP contribution is -2.44. The van der Waals surface area contributed by atoms with Crippen molar-refractivity contribution >= 4 is 17.7 Å². The number of carbonyl (C=O) groups excluding carboxylic acids is 1. The minimum atomic E-state index is 0.148. The Hall–Kier alpha value is -0.220. The van der Waals surface area contributed by atoms with Gasteiger partial charge in [-0.2, -0.15) is 0 Å². The van der Waals surface area contributed by atoms with Crippen molar-refractivity contribution in [2.75, 3.05) is 18.9 Å². The molecule has 1 saturated heterocycles. The zero-order chi connectivity index (χ0) is 12.0. The fourth-order valence-corrected chi connectivity index (χ4v) is 2.80. The molecule has 0 aliphatic carbocycles. The van der Waals surface area contributed by atoms with Crippen LogP contribution in [0.3, 0.4) is 0 Å². The van der Waals surface area contributed by atoms with E-state index >= 15 is 0 Å². The molecule has 0 aromatic rings. The van der Waals surface area contributed by atoms with Gasteiger partial charge in [0, 0.05) is 17.8 Å². The molecule has 1 fully saturated rings. The van der Waals surface area contributed by atoms with E-state index in [-0.39, 0.29) is 17.8 Å². The molecule has 2 unspecified atom stereocenters. The van der Waals surface area contributed by atoms with Gasteiger partial charge in [0.15, 0.2) is 0 Å². The number of rotatable bonds is 5. The number of piperidine rings is 1. The molecule has 0 bridgehead atoms. The third-order valence-electron chi connectivity index (χ3n) is 3.17. The van der Waals surface area contributed by atoms with Crippen molar-refractivity contribution in [1.29, 1.82) is 0 Å². The second kappa shape index (κ2) is 7.17. The Morgan fingerprint density at radius 2 is 2.31 bits per heavy atom. The number of thioether (sulfide) groups is 1. The van der Waals surface area contributed by atoms with Crippen LogP contribution in [-0.4, -0.2) is 46.1 Å². The third-order valence-corrected chi connectivity index (χ3v) is 4.30. The second-order valence-electron chi connectivity index (χ2n) is 4.45. The van der Waals surface area contributed by atoms with Gasteiger partial charge in [0.2, 0.25) is 5.91 Å². The van der Waals surface area contributed by atoms with Crippen LogP contribution in [0, 0.1) is 0 Å². The summed E-state index contributed by atoms with van der Waals surface area (Å²) >= 11 is 1.55. The van der Waals surface area contributed by atoms with E-state index < -0.39 is 0 Å². The summed E-state index contributed by atoms with van der Waals surface area (Å²) in [7, 11) is 0. The SMILES string of the molecule is CCC1CCCCN1C(=O)CSC(C)CO. The van der Waals surface area contributed by atoms with Crippen molar-refractivity contribution in [1.82, 2.24) is 4.90 Å². The van der Waals surface area contributed by atoms with Crippen molar-refractivity contribution in [2.45, 2.75) is 50.8 Å². The summed E-state index contributed by atoms with van der Waals surface area (Å²) < 4.78 is 0. The van der Waals surface area contributed by atoms with E-state index in [0.29, 0.717) is 11.8 Å². The molecule has 1 amide bonds. The summed E-state index contributed by atoms with van der Waals surface area (Å²) in [6, 6.07) is 0.450. The first-order chi connectivity index (χ1) is 7.69. The zero-order valence-electron chi connectivity index (χ0n) is 10.3. The molecule has 16 heavy (non-hydrogen) atoms. The highest BCUT2D eigenvalue weighted by atomic mass is 32.2. The molecule has 2 atom stereocenters. The van der Waals surface area contributed by atoms with E-state index in [4.69, 9.17) is 5.11 Å². The molecule has 1 aliphatic rings. The van der Waals surface area contributed by atoms with Crippen LogP contribution in [0.2, 0.25) is 0 Å². The van der Waals surface area contributed by atoms with Gasteiger partial charge in [-0.25, -0.2) is 0 Å². The number of hydrogen-bond donors (Lipinski definition) is 1. The van der Waals surface area contributed by atoms with Crippen LogP contribution in [-0.2, 0) is 4.79 Å². The van der Waals surface area contributed by atoms with Crippen molar-refractivity contribution in [3.63, 3.8) is 0 Å². The van der Waals surface area contributed by atoms with Crippen molar-refractivity contribution in [3.05, 3.63) is 0 Å². The van der Waals surface area contributed by atoms with Gasteiger partial charge >= 0.3 is 0 Å². The lowest BCUT2D eigenvalue weighted by molar-refractivity contribution is -0.132. The van der Waals surface area contributed by atoms with Crippen LogP contribution in [0.15, 0.2) is 0 Å². The fourth-order valence-electron chi connectivity index (χ4n) is 2.10. The molecule has 4 heteroatoms. The van der Waals surface area contributed by atoms with Crippen LogP contribution in [0.5, 0.6) is 0 Å². The highest BCUT2D eigenvalue weighted by molar-refractivity contribution is 8.00. The Morgan fingerprint density at radius 1 is 1.56 bits per heavy atom. The minimum absolute atomic E-state index is 0.148. The summed E-state index contributed by atoms with van der Waals surface area (Å²) in [6.45, 7) is 5.17. The Labute approximate surface area is 103 Å². The molecule has 94 valence electrons. The third kappa shape index (κ3) is 3.98. The first-order valence-electron chi connectivity index (χ1n) is 6.21. The van der Waals surface area contributed by atoms with E-state index in [9.17, 15) is 4.79 Å². The van der Waals surface area contributed by atoms with Gasteiger partial charge < -0.3 is 10.0 Å². The van der Waals surface area contributed by atoms with Crippen molar-refractivity contribution < 1.29 is 9.90 Å². The Balaban J connectivity index is 2.38. The van der Waals surface area contributed by atoms with Gasteiger partial charge in [0.25, 0.3) is 0 Å². The van der Waals surface area contributed by atoms with Crippen LogP contribution in [0.1, 0.15) is 39.5 Å². The minimum Gasteiger partial charge on any atom is -0.395 e. The lowest BCUT2D eigenvalue weighted by atomic mass is 10.0. The highest BCUT2D eigenvalue weighted by Crippen LogP contribution is 2.21. The van der Waals surface area contributed by atoms with E-state index in [1.165, 1.54) is 6.42 Å². The predicted octanol–water partition coefficient (Wildman–Crippen LogP) is 1.89. The first kappa shape index (κ1) is 13.8. The summed E-state index contributed by atoms with van der Waals surface area (Å²) in [5.41, 5.74) is 0. The predicted molar refractivity (Wildman–Crippen MR) is 68.6 cm³/mol. The quantitative estimate of drug-likeness (QED) is 0.804. The number of hydrogen-bond acceptors (Lipinski definition) is 3. The maximum absolute atomic E-state index is 12.0. The number of carbonyl (C=O) groups is 1. The molecule has 0 aromatic carbocycles. The number of nitrogens with zero attached hydrogens (tertiary/aromatic N) is 1. The van der Waals surface area contributed by atoms with Gasteiger partial charge in [0.1, 0.15) is 0 Å². The lowest BCUT2D eigenvalue weighted by Gasteiger charge is -2.35. The smallest absolute Gasteiger partial charge is 0.232 e. The molecule has 1 heterocycles. The molecule has 0 radical (unpaired) electrons. The monoisotopic (exact) mass is 245 g/mol. The average Bonchev–Trinajstić information content (AvgIpc) is 2.35. The Morgan fingerprint density at radius 3 is 2.94 bits per heavy atom. The molecule has 1 aliphatic heterocycles. The molecule has 1 N–H and O–H groups in total. The molecular formula is C12H23NO2S. The average molecular weight is 245 g/mol. The fraction of sp³-hybridized carbons (Fsp3) is 0.917. The Kier molecular flexibility index (Phi) is 6.21. The molecule has 3 nitrogen and oxygen atoms in total. The number of amides is 1. The maximum atomic E-state index is 12.0. The summed E-state index contributed by atoms with van der Waals surface area (Å²) in [6.07, 6.45) is 4.61. The Bertz CT molecular complexity index is 223. The molecule has 0 spiro atoms. The zero-order valence-corrected chi connectivity index (χ0v) is 11.1. The molecule has 1 rings (SSSR count). The van der Waals surface area contributed by atoms with Gasteiger partial charge in [0.05, 0.1) is 12.4 Å². The normalized spacial score (nSPS) is 23.2. The van der Waals surface area contributed by atoms with E-state index in [0.717, 1.165) is 25.8 Å². The summed E-state index contributed by atoms with van der Waals surface area (Å²) in [5.74, 6) is 0.759. The van der Waals surface area contributed by atoms with Crippen LogP contribution in [0.25, 0.3) is 0 Å². The van der Waals surface area contributed by atoms with Gasteiger partial charge in [-0.05, 0) is 25.7 Å². The molecule has 0 aromatic heterocycles. The highest BCUT2D eigenvalue weighted by Gasteiger charge is 2.25. The van der Waals surface area contributed by atoms with E-state index in [2.05, 4.69) is 6.92 Å². The van der Waals surface area contributed by atoms with Crippen LogP contribution >= 0.6 is 11.8 Å². The second-order valence-corrected chi connectivity index (χ2v) is 5.88. The first-order valence-corrected chi connectivity index (χ1v) is 7.25. The number of aliphatic hydroxyl groups excluding tert-OH is 1. The van der Waals surface area contributed by atoms with E-state index in [1.54, 1.807) is 11.8 Å². The van der Waals surface area contributed by atoms with Crippen molar-refractivity contribution in [3.8, 4) is 0 Å². The number of likely N-dealkylation sites (tertiary alicyclic amines) is 1. The largest absolute Gasteiger partial charge is 0.395 e. The summed E-state index contributed by atoms with van der Waals surface area (Å²) in [4.78, 5) is 14.1. The van der Waals surface area contributed by atoms with E-state index in [1.807, 2.05) is 11.8 Å². The van der Waals surface area contributed by atoms with Gasteiger partial charge in [-0.15, -0.1) is 11.8 Å². The number of aliphatic hydroxyl groups is 1. The summed E-state index contributed by atoms with van der Waals surface area (Å²) in [5, 5.41) is 9.07. The van der Waals surface area contributed by atoms with Crippen LogP contribution < -0.4 is 0 Å². The molecule has 0 saturated carbocycles. The topological polar surface area (TPSA) is 40.5 Å². The van der Waals surface area contributed by atoms with Crippen molar-refractivity contribution in [2.24, 2.45) is 0 Å². The maximum Gasteiger partial charge on any atom is 0.232 e. The standard InChI is InChI=1S/C12H23NO2S/c1-3-11-6-4-5-7-13(11)12(15)9-16-10(2)8-14/h10-11,14H,3-9H2,1-2H3. The molecular weight excluding hydrogens is 222 g/mol.